The van der Waals surface area contributed by atoms with Crippen LogP contribution >= 0.6 is 8.58 Å². The van der Waals surface area contributed by atoms with E-state index in [0.29, 0.717) is 32.4 Å². The number of nitrogens with zero attached hydrogens (tertiary/aromatic N) is 4. The lowest BCUT2D eigenvalue weighted by Gasteiger charge is -2.26. The van der Waals surface area contributed by atoms with Crippen LogP contribution in [0.5, 0.6) is 0 Å². The molecule has 6 bridgehead atoms. The molecule has 0 radical (unpaired) electrons. The third-order valence-electron chi connectivity index (χ3n) is 6.37. The normalized spacial score (nSPS) is 18.2. The third kappa shape index (κ3) is 7.40. The van der Waals surface area contributed by atoms with Crippen LogP contribution in [0.2, 0.25) is 0 Å². The summed E-state index contributed by atoms with van der Waals surface area (Å²) in [7, 11) is 0.723. The van der Waals surface area contributed by atoms with Gasteiger partial charge in [-0.1, -0.05) is 26.8 Å². The molecule has 2 aliphatic heterocycles. The Hall–Kier alpha value is -2.74. The Morgan fingerprint density at radius 2 is 1.81 bits per heavy atom. The van der Waals surface area contributed by atoms with Gasteiger partial charge in [-0.25, -0.2) is 9.97 Å². The van der Waals surface area contributed by atoms with Crippen LogP contribution in [0.1, 0.15) is 16.8 Å². The summed E-state index contributed by atoms with van der Waals surface area (Å²) in [6.45, 7) is 8.89. The Labute approximate surface area is 220 Å². The number of hydrogen-bond acceptors (Lipinski definition) is 8. The Bertz CT molecular complexity index is 1220. The molecule has 0 amide bonds. The number of hydrogen-bond donors (Lipinski definition) is 1. The van der Waals surface area contributed by atoms with Crippen LogP contribution in [-0.4, -0.2) is 72.1 Å². The number of pyridine rings is 1. The van der Waals surface area contributed by atoms with Gasteiger partial charge in [-0.2, -0.15) is 0 Å². The molecule has 3 aromatic rings. The van der Waals surface area contributed by atoms with E-state index in [0.717, 1.165) is 75.8 Å². The van der Waals surface area contributed by atoms with Crippen molar-refractivity contribution in [2.45, 2.75) is 20.1 Å². The smallest absolute Gasteiger partial charge is 0.227 e. The molecule has 1 N–H and O–H groups in total. The van der Waals surface area contributed by atoms with Gasteiger partial charge >= 0.3 is 0 Å². The van der Waals surface area contributed by atoms with Gasteiger partial charge in [0.1, 0.15) is 0 Å². The van der Waals surface area contributed by atoms with Gasteiger partial charge in [0.05, 0.1) is 51.0 Å². The minimum Gasteiger partial charge on any atom is -0.379 e. The van der Waals surface area contributed by atoms with E-state index >= 15 is 0 Å². The second-order valence-electron chi connectivity index (χ2n) is 9.14. The average Bonchev–Trinajstić information content (AvgIpc) is 2.92. The molecule has 1 unspecified atom stereocenters. The van der Waals surface area contributed by atoms with E-state index in [1.54, 1.807) is 6.20 Å². The van der Waals surface area contributed by atoms with Crippen molar-refractivity contribution in [1.29, 1.82) is 0 Å². The van der Waals surface area contributed by atoms with Gasteiger partial charge in [-0.15, -0.1) is 0 Å². The molecule has 9 heteroatoms. The average molecular weight is 520 g/mol. The van der Waals surface area contributed by atoms with E-state index < -0.39 is 0 Å². The monoisotopic (exact) mass is 519 g/mol. The molecule has 0 spiro atoms. The predicted molar refractivity (Wildman–Crippen MR) is 148 cm³/mol. The summed E-state index contributed by atoms with van der Waals surface area (Å²) in [5, 5.41) is 4.75. The second-order valence-corrected chi connectivity index (χ2v) is 10.5. The fraction of sp³-hybridized carbons (Fsp3) is 0.393. The first kappa shape index (κ1) is 25.9. The van der Waals surface area contributed by atoms with Crippen molar-refractivity contribution in [3.8, 4) is 11.3 Å². The van der Waals surface area contributed by atoms with Crippen LogP contribution in [0.3, 0.4) is 0 Å². The highest BCUT2D eigenvalue weighted by Crippen LogP contribution is 2.25. The second kappa shape index (κ2) is 13.2. The Balaban J connectivity index is 1.37. The quantitative estimate of drug-likeness (QED) is 0.412. The number of nitrogens with one attached hydrogen (secondary N) is 1. The maximum absolute atomic E-state index is 6.01. The molecule has 1 atom stereocenters. The molecular formula is C28H34N5O3P. The topological polar surface area (TPSA) is 81.6 Å². The summed E-state index contributed by atoms with van der Waals surface area (Å²) in [6, 6.07) is 10.5. The summed E-state index contributed by atoms with van der Waals surface area (Å²) in [5.74, 6) is 0.564. The highest BCUT2D eigenvalue weighted by Gasteiger charge is 2.12. The van der Waals surface area contributed by atoms with E-state index in [1.807, 2.05) is 37.4 Å². The van der Waals surface area contributed by atoms with Crippen molar-refractivity contribution >= 4 is 25.5 Å². The molecule has 37 heavy (non-hydrogen) atoms. The molecule has 0 saturated carbocycles. The first-order valence-corrected chi connectivity index (χ1v) is 14.0. The predicted octanol–water partition coefficient (Wildman–Crippen LogP) is 3.83. The van der Waals surface area contributed by atoms with Crippen LogP contribution in [0.15, 0.2) is 54.9 Å². The third-order valence-corrected chi connectivity index (χ3v) is 7.71. The Kier molecular flexibility index (Phi) is 9.22. The van der Waals surface area contributed by atoms with Crippen LogP contribution in [0, 0.1) is 6.92 Å². The van der Waals surface area contributed by atoms with Crippen molar-refractivity contribution in [3.05, 3.63) is 71.7 Å². The van der Waals surface area contributed by atoms with Gasteiger partial charge in [0.25, 0.3) is 0 Å². The van der Waals surface area contributed by atoms with Crippen LogP contribution in [0.25, 0.3) is 11.3 Å². The minimum absolute atomic E-state index is 0.438. The van der Waals surface area contributed by atoms with Crippen molar-refractivity contribution in [2.24, 2.45) is 0 Å². The number of fused-ring (bicyclic) bond motifs is 7. The maximum Gasteiger partial charge on any atom is 0.227 e. The first-order chi connectivity index (χ1) is 18.2. The summed E-state index contributed by atoms with van der Waals surface area (Å²) in [4.78, 5) is 16.3. The lowest BCUT2D eigenvalue weighted by atomic mass is 10.1. The molecule has 1 saturated heterocycles. The number of anilines is 2. The van der Waals surface area contributed by atoms with Crippen molar-refractivity contribution in [1.82, 2.24) is 19.9 Å². The highest BCUT2D eigenvalue weighted by molar-refractivity contribution is 7.47. The van der Waals surface area contributed by atoms with Crippen molar-refractivity contribution in [3.63, 3.8) is 0 Å². The summed E-state index contributed by atoms with van der Waals surface area (Å²) < 4.78 is 17.3. The SMILES string of the molecule is Cc1cnc2nc1-c1ccnc(c1)COC/C=C/COCc1cc(ccc1PCCN1CCOCC1)N2. The van der Waals surface area contributed by atoms with Gasteiger partial charge in [0.15, 0.2) is 0 Å². The zero-order valence-corrected chi connectivity index (χ0v) is 22.3. The highest BCUT2D eigenvalue weighted by atomic mass is 31.1. The van der Waals surface area contributed by atoms with E-state index in [2.05, 4.69) is 38.4 Å². The lowest BCUT2D eigenvalue weighted by Crippen LogP contribution is -2.37. The van der Waals surface area contributed by atoms with Gasteiger partial charge in [0, 0.05) is 43.3 Å². The van der Waals surface area contributed by atoms with Crippen LogP contribution in [0.4, 0.5) is 11.6 Å². The Morgan fingerprint density at radius 1 is 0.973 bits per heavy atom. The number of benzene rings is 1. The number of aryl methyl sites for hydroxylation is 1. The molecular weight excluding hydrogens is 485 g/mol. The Morgan fingerprint density at radius 3 is 2.68 bits per heavy atom. The molecule has 0 aliphatic carbocycles. The van der Waals surface area contributed by atoms with Gasteiger partial charge < -0.3 is 19.5 Å². The number of aromatic nitrogens is 3. The number of ether oxygens (including phenoxy) is 3. The molecule has 2 aliphatic rings. The molecule has 4 heterocycles. The molecule has 1 aromatic carbocycles. The zero-order valence-electron chi connectivity index (χ0n) is 21.3. The molecule has 2 aromatic heterocycles. The summed E-state index contributed by atoms with van der Waals surface area (Å²) in [5.41, 5.74) is 5.90. The van der Waals surface area contributed by atoms with E-state index in [9.17, 15) is 0 Å². The summed E-state index contributed by atoms with van der Waals surface area (Å²) >= 11 is 0. The minimum atomic E-state index is 0.438. The van der Waals surface area contributed by atoms with E-state index in [-0.39, 0.29) is 0 Å². The number of rotatable bonds is 4. The zero-order chi connectivity index (χ0) is 25.3. The van der Waals surface area contributed by atoms with Gasteiger partial charge in [-0.3, -0.25) is 9.88 Å². The van der Waals surface area contributed by atoms with Gasteiger partial charge in [-0.05, 0) is 53.8 Å². The molecule has 194 valence electrons. The number of morpholine rings is 1. The fourth-order valence-corrected chi connectivity index (χ4v) is 5.64. The molecule has 5 rings (SSSR count). The maximum atomic E-state index is 6.01. The standard InChI is InChI=1S/C28H34N5O3P/c1-21-18-30-28-31-24-4-5-26(37-15-10-33-8-13-34-14-9-33)23(17-24)19-35-11-2-3-12-36-20-25-16-22(6-7-29-25)27(21)32-28/h2-7,16-18,37H,8-15,19-20H2,1H3,(H,30,31,32)/b3-2+. The van der Waals surface area contributed by atoms with Crippen LogP contribution < -0.4 is 10.6 Å². The van der Waals surface area contributed by atoms with E-state index in [4.69, 9.17) is 19.2 Å². The van der Waals surface area contributed by atoms with Crippen LogP contribution in [-0.2, 0) is 27.4 Å². The largest absolute Gasteiger partial charge is 0.379 e. The van der Waals surface area contributed by atoms with E-state index in [1.165, 1.54) is 10.9 Å². The van der Waals surface area contributed by atoms with Gasteiger partial charge in [0.2, 0.25) is 5.95 Å². The van der Waals surface area contributed by atoms with Crippen molar-refractivity contribution < 1.29 is 14.2 Å². The molecule has 8 nitrogen and oxygen atoms in total. The summed E-state index contributed by atoms with van der Waals surface area (Å²) in [6.07, 6.45) is 8.80. The van der Waals surface area contributed by atoms with Crippen molar-refractivity contribution in [2.75, 3.05) is 57.5 Å². The molecule has 1 fully saturated rings. The lowest BCUT2D eigenvalue weighted by molar-refractivity contribution is 0.0409. The fourth-order valence-electron chi connectivity index (χ4n) is 4.37. The first-order valence-electron chi connectivity index (χ1n) is 12.8.